The summed E-state index contributed by atoms with van der Waals surface area (Å²) >= 11 is 0. The average molecular weight is 167 g/mol. The first-order valence-electron chi connectivity index (χ1n) is 3.37. The summed E-state index contributed by atoms with van der Waals surface area (Å²) in [6.45, 7) is 3.47. The molecule has 0 aromatic carbocycles. The highest BCUT2D eigenvalue weighted by molar-refractivity contribution is 5.68. The number of rotatable bonds is 1. The van der Waals surface area contributed by atoms with Crippen molar-refractivity contribution >= 4 is 6.09 Å². The maximum absolute atomic E-state index is 10.4. The first-order chi connectivity index (χ1) is 5.59. The lowest BCUT2D eigenvalue weighted by molar-refractivity contribution is 0.210. The minimum absolute atomic E-state index is 0.299. The predicted molar refractivity (Wildman–Crippen MR) is 41.7 cm³/mol. The molecule has 0 fully saturated rings. The summed E-state index contributed by atoms with van der Waals surface area (Å²) < 4.78 is 4.61. The Morgan fingerprint density at radius 1 is 1.58 bits per heavy atom. The molecule has 0 aliphatic rings. The number of carbonyl (C=O) groups excluding carboxylic acids is 1. The monoisotopic (exact) mass is 167 g/mol. The van der Waals surface area contributed by atoms with Gasteiger partial charge < -0.3 is 10.5 Å². The van der Waals surface area contributed by atoms with Crippen LogP contribution >= 0.6 is 0 Å². The van der Waals surface area contributed by atoms with Crippen molar-refractivity contribution in [1.29, 1.82) is 0 Å². The molecule has 1 aromatic rings. The van der Waals surface area contributed by atoms with E-state index in [-0.39, 0.29) is 0 Å². The van der Waals surface area contributed by atoms with Crippen LogP contribution in [0, 0.1) is 13.8 Å². The molecule has 1 heterocycles. The SMILES string of the molecule is Cc1ncc(OC(N)=O)c(C)n1. The maximum atomic E-state index is 10.4. The van der Waals surface area contributed by atoms with Crippen molar-refractivity contribution in [3.05, 3.63) is 17.7 Å². The molecule has 1 rings (SSSR count). The molecule has 5 heteroatoms. The van der Waals surface area contributed by atoms with Gasteiger partial charge in [-0.25, -0.2) is 14.8 Å². The Kier molecular flexibility index (Phi) is 2.23. The van der Waals surface area contributed by atoms with Gasteiger partial charge in [0, 0.05) is 0 Å². The minimum atomic E-state index is -0.856. The molecule has 1 aromatic heterocycles. The van der Waals surface area contributed by atoms with Crippen LogP contribution in [0.25, 0.3) is 0 Å². The third-order valence-electron chi connectivity index (χ3n) is 1.27. The van der Waals surface area contributed by atoms with Crippen LogP contribution in [0.3, 0.4) is 0 Å². The Labute approximate surface area is 69.6 Å². The molecule has 0 aliphatic carbocycles. The van der Waals surface area contributed by atoms with E-state index < -0.39 is 6.09 Å². The van der Waals surface area contributed by atoms with Gasteiger partial charge in [-0.1, -0.05) is 0 Å². The summed E-state index contributed by atoms with van der Waals surface area (Å²) in [4.78, 5) is 18.2. The predicted octanol–water partition coefficient (Wildman–Crippen LogP) is 0.551. The fourth-order valence-electron chi connectivity index (χ4n) is 0.781. The van der Waals surface area contributed by atoms with Crippen LogP contribution in [0.5, 0.6) is 5.75 Å². The van der Waals surface area contributed by atoms with Crippen LogP contribution in [0.15, 0.2) is 6.20 Å². The normalized spacial score (nSPS) is 9.50. The summed E-state index contributed by atoms with van der Waals surface area (Å²) in [5.74, 6) is 0.928. The van der Waals surface area contributed by atoms with Crippen molar-refractivity contribution in [1.82, 2.24) is 9.97 Å². The second-order valence-corrected chi connectivity index (χ2v) is 2.29. The van der Waals surface area contributed by atoms with Gasteiger partial charge in [0.05, 0.1) is 11.9 Å². The van der Waals surface area contributed by atoms with E-state index in [1.165, 1.54) is 6.20 Å². The Morgan fingerprint density at radius 2 is 2.25 bits per heavy atom. The van der Waals surface area contributed by atoms with Crippen LogP contribution in [0.1, 0.15) is 11.5 Å². The van der Waals surface area contributed by atoms with Crippen molar-refractivity contribution in [2.45, 2.75) is 13.8 Å². The number of ether oxygens (including phenoxy) is 1. The largest absolute Gasteiger partial charge is 0.410 e. The topological polar surface area (TPSA) is 78.1 Å². The number of carbonyl (C=O) groups is 1. The zero-order valence-corrected chi connectivity index (χ0v) is 6.87. The van der Waals surface area contributed by atoms with Crippen LogP contribution in [-0.2, 0) is 0 Å². The van der Waals surface area contributed by atoms with Crippen molar-refractivity contribution in [3.8, 4) is 5.75 Å². The van der Waals surface area contributed by atoms with Crippen LogP contribution in [0.2, 0.25) is 0 Å². The molecule has 0 saturated heterocycles. The molecule has 5 nitrogen and oxygen atoms in total. The molecular formula is C7H9N3O2. The van der Waals surface area contributed by atoms with Crippen molar-refractivity contribution in [3.63, 3.8) is 0 Å². The second kappa shape index (κ2) is 3.17. The third-order valence-corrected chi connectivity index (χ3v) is 1.27. The maximum Gasteiger partial charge on any atom is 0.410 e. The molecule has 12 heavy (non-hydrogen) atoms. The lowest BCUT2D eigenvalue weighted by Crippen LogP contribution is -2.17. The highest BCUT2D eigenvalue weighted by Gasteiger charge is 2.04. The first-order valence-corrected chi connectivity index (χ1v) is 3.37. The fourth-order valence-corrected chi connectivity index (χ4v) is 0.781. The number of primary amides is 1. The zero-order valence-electron chi connectivity index (χ0n) is 6.87. The van der Waals surface area contributed by atoms with E-state index in [9.17, 15) is 4.79 Å². The number of amides is 1. The highest BCUT2D eigenvalue weighted by atomic mass is 16.5. The van der Waals surface area contributed by atoms with Crippen LogP contribution < -0.4 is 10.5 Å². The van der Waals surface area contributed by atoms with Gasteiger partial charge >= 0.3 is 6.09 Å². The molecule has 0 unspecified atom stereocenters. The third kappa shape index (κ3) is 1.91. The molecule has 64 valence electrons. The molecule has 0 saturated carbocycles. The number of aryl methyl sites for hydroxylation is 2. The Balaban J connectivity index is 2.93. The zero-order chi connectivity index (χ0) is 9.14. The van der Waals surface area contributed by atoms with Gasteiger partial charge in [-0.15, -0.1) is 0 Å². The van der Waals surface area contributed by atoms with Crippen LogP contribution in [-0.4, -0.2) is 16.1 Å². The summed E-state index contributed by atoms with van der Waals surface area (Å²) in [5.41, 5.74) is 5.41. The van der Waals surface area contributed by atoms with E-state index >= 15 is 0 Å². The van der Waals surface area contributed by atoms with Gasteiger partial charge in [-0.2, -0.15) is 0 Å². The second-order valence-electron chi connectivity index (χ2n) is 2.29. The number of nitrogens with two attached hydrogens (primary N) is 1. The van der Waals surface area contributed by atoms with Crippen molar-refractivity contribution < 1.29 is 9.53 Å². The molecule has 0 radical (unpaired) electrons. The van der Waals surface area contributed by atoms with Gasteiger partial charge in [0.2, 0.25) is 0 Å². The molecule has 1 amide bonds. The summed E-state index contributed by atoms with van der Waals surface area (Å²) in [6.07, 6.45) is 0.563. The number of aromatic nitrogens is 2. The van der Waals surface area contributed by atoms with E-state index in [1.54, 1.807) is 13.8 Å². The van der Waals surface area contributed by atoms with Crippen molar-refractivity contribution in [2.24, 2.45) is 5.73 Å². The molecule has 2 N–H and O–H groups in total. The van der Waals surface area contributed by atoms with E-state index in [0.717, 1.165) is 0 Å². The Bertz CT molecular complexity index is 312. The van der Waals surface area contributed by atoms with Gasteiger partial charge in [0.15, 0.2) is 5.75 Å². The van der Waals surface area contributed by atoms with E-state index in [0.29, 0.717) is 17.3 Å². The molecule has 0 spiro atoms. The summed E-state index contributed by atoms with van der Waals surface area (Å²) in [6, 6.07) is 0. The molecular weight excluding hydrogens is 158 g/mol. The number of nitrogens with zero attached hydrogens (tertiary/aromatic N) is 2. The summed E-state index contributed by atoms with van der Waals surface area (Å²) in [5, 5.41) is 0. The van der Waals surface area contributed by atoms with E-state index in [2.05, 4.69) is 14.7 Å². The lowest BCUT2D eigenvalue weighted by Gasteiger charge is -2.02. The molecule has 0 aliphatic heterocycles. The van der Waals surface area contributed by atoms with Gasteiger partial charge in [-0.05, 0) is 13.8 Å². The fraction of sp³-hybridized carbons (Fsp3) is 0.286. The quantitative estimate of drug-likeness (QED) is 0.662. The smallest absolute Gasteiger partial charge is 0.407 e. The Hall–Kier alpha value is -1.65. The number of hydrogen-bond donors (Lipinski definition) is 1. The van der Waals surface area contributed by atoms with Crippen molar-refractivity contribution in [2.75, 3.05) is 0 Å². The van der Waals surface area contributed by atoms with E-state index in [4.69, 9.17) is 5.73 Å². The lowest BCUT2D eigenvalue weighted by atomic mass is 10.4. The average Bonchev–Trinajstić information content (AvgIpc) is 1.94. The Morgan fingerprint density at radius 3 is 2.75 bits per heavy atom. The molecule has 0 atom stereocenters. The summed E-state index contributed by atoms with van der Waals surface area (Å²) in [7, 11) is 0. The van der Waals surface area contributed by atoms with Gasteiger partial charge in [0.25, 0.3) is 0 Å². The van der Waals surface area contributed by atoms with Crippen LogP contribution in [0.4, 0.5) is 4.79 Å². The van der Waals surface area contributed by atoms with E-state index in [1.807, 2.05) is 0 Å². The molecule has 0 bridgehead atoms. The minimum Gasteiger partial charge on any atom is -0.407 e. The first kappa shape index (κ1) is 8.45. The number of hydrogen-bond acceptors (Lipinski definition) is 4. The standard InChI is InChI=1S/C7H9N3O2/c1-4-6(12-7(8)11)3-9-5(2)10-4/h3H,1-2H3,(H2,8,11). The van der Waals surface area contributed by atoms with Gasteiger partial charge in [0.1, 0.15) is 5.82 Å². The highest BCUT2D eigenvalue weighted by Crippen LogP contribution is 2.12. The van der Waals surface area contributed by atoms with Gasteiger partial charge in [-0.3, -0.25) is 0 Å².